The van der Waals surface area contributed by atoms with Crippen LogP contribution in [0.2, 0.25) is 0 Å². The normalized spacial score (nSPS) is 21.3. The van der Waals surface area contributed by atoms with Gasteiger partial charge in [0.15, 0.2) is 12.2 Å². The molecule has 2 heterocycles. The fourth-order valence-electron chi connectivity index (χ4n) is 2.22. The molecule has 0 aliphatic carbocycles. The Bertz CT molecular complexity index is 420. The quantitative estimate of drug-likeness (QED) is 0.795. The van der Waals surface area contributed by atoms with Gasteiger partial charge in [-0.05, 0) is 27.8 Å². The van der Waals surface area contributed by atoms with E-state index in [1.54, 1.807) is 7.05 Å². The molecule has 0 fully saturated rings. The van der Waals surface area contributed by atoms with Crippen molar-refractivity contribution in [2.24, 2.45) is 0 Å². The first-order valence-corrected chi connectivity index (χ1v) is 5.86. The molecule has 0 spiro atoms. The van der Waals surface area contributed by atoms with Crippen molar-refractivity contribution in [3.8, 4) is 0 Å². The number of fused-ring (bicyclic) bond motifs is 1. The summed E-state index contributed by atoms with van der Waals surface area (Å²) in [6, 6.07) is -0.422. The monoisotopic (exact) mass is 237 g/mol. The van der Waals surface area contributed by atoms with Crippen LogP contribution in [0.25, 0.3) is 0 Å². The number of carbonyl (C=O) groups is 1. The Morgan fingerprint density at radius 3 is 2.82 bits per heavy atom. The third kappa shape index (κ3) is 2.07. The smallest absolute Gasteiger partial charge is 0.248 e. The number of aromatic nitrogens is 1. The number of carbonyl (C=O) groups excluding carboxylic acids is 1. The highest BCUT2D eigenvalue weighted by Gasteiger charge is 2.37. The second-order valence-electron chi connectivity index (χ2n) is 5.30. The first kappa shape index (κ1) is 12.1. The lowest BCUT2D eigenvalue weighted by atomic mass is 10.0. The molecule has 1 amide bonds. The van der Waals surface area contributed by atoms with Crippen molar-refractivity contribution in [2.75, 3.05) is 13.6 Å². The van der Waals surface area contributed by atoms with Gasteiger partial charge in [0.25, 0.3) is 0 Å². The van der Waals surface area contributed by atoms with Gasteiger partial charge in [0.2, 0.25) is 5.91 Å². The van der Waals surface area contributed by atoms with E-state index in [0.717, 1.165) is 12.1 Å². The predicted molar refractivity (Wildman–Crippen MR) is 63.5 cm³/mol. The number of hydrogen-bond donors (Lipinski definition) is 1. The fourth-order valence-corrected chi connectivity index (χ4v) is 2.22. The molecule has 1 aromatic heterocycles. The first-order valence-electron chi connectivity index (χ1n) is 5.86. The molecular weight excluding hydrogens is 218 g/mol. The third-order valence-corrected chi connectivity index (χ3v) is 3.12. The maximum atomic E-state index is 12.5. The van der Waals surface area contributed by atoms with E-state index in [9.17, 15) is 4.79 Å². The fraction of sp³-hybridized carbons (Fsp3) is 0.667. The Morgan fingerprint density at radius 2 is 2.24 bits per heavy atom. The van der Waals surface area contributed by atoms with Crippen LogP contribution in [0.4, 0.5) is 0 Å². The Balaban J connectivity index is 2.38. The van der Waals surface area contributed by atoms with Crippen LogP contribution in [0, 0.1) is 0 Å². The summed E-state index contributed by atoms with van der Waals surface area (Å²) in [6.07, 6.45) is 2.15. The highest BCUT2D eigenvalue weighted by molar-refractivity contribution is 5.84. The number of hydrogen-bond acceptors (Lipinski definition) is 4. The molecule has 0 aromatic carbocycles. The minimum atomic E-state index is -0.422. The highest BCUT2D eigenvalue weighted by Crippen LogP contribution is 2.27. The van der Waals surface area contributed by atoms with Gasteiger partial charge in [0.05, 0.1) is 5.69 Å². The minimum Gasteiger partial charge on any atom is -0.446 e. The van der Waals surface area contributed by atoms with Crippen molar-refractivity contribution in [3.05, 3.63) is 17.8 Å². The van der Waals surface area contributed by atoms with Gasteiger partial charge >= 0.3 is 0 Å². The summed E-state index contributed by atoms with van der Waals surface area (Å²) in [6.45, 7) is 6.80. The first-order chi connectivity index (χ1) is 7.95. The van der Waals surface area contributed by atoms with E-state index < -0.39 is 6.04 Å². The van der Waals surface area contributed by atoms with Crippen LogP contribution in [0.15, 0.2) is 10.8 Å². The zero-order chi connectivity index (χ0) is 12.6. The minimum absolute atomic E-state index is 0.0514. The lowest BCUT2D eigenvalue weighted by Gasteiger charge is -2.36. The molecule has 1 unspecified atom stereocenters. The van der Waals surface area contributed by atoms with E-state index in [4.69, 9.17) is 4.42 Å². The highest BCUT2D eigenvalue weighted by atomic mass is 16.3. The van der Waals surface area contributed by atoms with Crippen molar-refractivity contribution >= 4 is 5.91 Å². The van der Waals surface area contributed by atoms with Gasteiger partial charge in [-0.3, -0.25) is 4.79 Å². The van der Waals surface area contributed by atoms with Gasteiger partial charge in [0.1, 0.15) is 6.04 Å². The lowest BCUT2D eigenvalue weighted by Crippen LogP contribution is -2.49. The number of rotatable bonds is 1. The SMILES string of the molecule is CNC1C(=O)N(C(C)(C)C)CCc2ncoc21. The van der Waals surface area contributed by atoms with Crippen molar-refractivity contribution in [2.45, 2.75) is 38.8 Å². The molecule has 94 valence electrons. The second-order valence-corrected chi connectivity index (χ2v) is 5.30. The molecule has 1 atom stereocenters. The zero-order valence-corrected chi connectivity index (χ0v) is 10.8. The molecule has 1 N–H and O–H groups in total. The van der Waals surface area contributed by atoms with E-state index in [1.165, 1.54) is 6.39 Å². The van der Waals surface area contributed by atoms with E-state index in [-0.39, 0.29) is 11.4 Å². The van der Waals surface area contributed by atoms with Crippen LogP contribution in [-0.2, 0) is 11.2 Å². The molecule has 1 aromatic rings. The van der Waals surface area contributed by atoms with Crippen LogP contribution >= 0.6 is 0 Å². The van der Waals surface area contributed by atoms with Crippen LogP contribution in [0.3, 0.4) is 0 Å². The predicted octanol–water partition coefficient (Wildman–Crippen LogP) is 1.12. The summed E-state index contributed by atoms with van der Waals surface area (Å²) in [7, 11) is 1.76. The molecule has 1 aliphatic rings. The molecule has 17 heavy (non-hydrogen) atoms. The van der Waals surface area contributed by atoms with E-state index >= 15 is 0 Å². The number of nitrogens with zero attached hydrogens (tertiary/aromatic N) is 2. The van der Waals surface area contributed by atoms with Gasteiger partial charge in [-0.1, -0.05) is 0 Å². The Labute approximate surface area is 101 Å². The summed E-state index contributed by atoms with van der Waals surface area (Å²) in [4.78, 5) is 18.5. The molecule has 0 bridgehead atoms. The third-order valence-electron chi connectivity index (χ3n) is 3.12. The summed E-state index contributed by atoms with van der Waals surface area (Å²) in [5.41, 5.74) is 0.694. The zero-order valence-electron chi connectivity index (χ0n) is 10.8. The molecule has 5 nitrogen and oxygen atoms in total. The van der Waals surface area contributed by atoms with Crippen molar-refractivity contribution < 1.29 is 9.21 Å². The summed E-state index contributed by atoms with van der Waals surface area (Å²) in [5, 5.41) is 3.01. The van der Waals surface area contributed by atoms with Crippen LogP contribution < -0.4 is 5.32 Å². The Hall–Kier alpha value is -1.36. The van der Waals surface area contributed by atoms with Gasteiger partial charge < -0.3 is 14.6 Å². The van der Waals surface area contributed by atoms with Gasteiger partial charge in [0, 0.05) is 18.5 Å². The number of likely N-dealkylation sites (N-methyl/N-ethyl adjacent to an activating group) is 1. The molecule has 0 saturated heterocycles. The van der Waals surface area contributed by atoms with Crippen molar-refractivity contribution in [1.29, 1.82) is 0 Å². The number of amides is 1. The maximum Gasteiger partial charge on any atom is 0.248 e. The number of nitrogens with one attached hydrogen (secondary N) is 1. The average Bonchev–Trinajstić information content (AvgIpc) is 2.61. The largest absolute Gasteiger partial charge is 0.446 e. The van der Waals surface area contributed by atoms with E-state index in [1.807, 2.05) is 25.7 Å². The molecule has 5 heteroatoms. The standard InChI is InChI=1S/C12H19N3O2/c1-12(2,3)15-6-5-8-10(17-7-14-8)9(13-4)11(15)16/h7,9,13H,5-6H2,1-4H3. The van der Waals surface area contributed by atoms with E-state index in [2.05, 4.69) is 10.3 Å². The van der Waals surface area contributed by atoms with Crippen LogP contribution in [0.5, 0.6) is 0 Å². The summed E-state index contributed by atoms with van der Waals surface area (Å²) in [5.74, 6) is 0.708. The van der Waals surface area contributed by atoms with Crippen LogP contribution in [-0.4, -0.2) is 34.9 Å². The lowest BCUT2D eigenvalue weighted by molar-refractivity contribution is -0.138. The second kappa shape index (κ2) is 4.14. The topological polar surface area (TPSA) is 58.4 Å². The average molecular weight is 237 g/mol. The molecule has 0 radical (unpaired) electrons. The van der Waals surface area contributed by atoms with Gasteiger partial charge in [-0.25, -0.2) is 4.98 Å². The van der Waals surface area contributed by atoms with E-state index in [0.29, 0.717) is 12.3 Å². The molecule has 2 rings (SSSR count). The molecule has 1 aliphatic heterocycles. The van der Waals surface area contributed by atoms with Crippen molar-refractivity contribution in [3.63, 3.8) is 0 Å². The Kier molecular flexibility index (Phi) is 2.95. The molecule has 0 saturated carbocycles. The molecular formula is C12H19N3O2. The van der Waals surface area contributed by atoms with Crippen molar-refractivity contribution in [1.82, 2.24) is 15.2 Å². The van der Waals surface area contributed by atoms with Gasteiger partial charge in [-0.15, -0.1) is 0 Å². The van der Waals surface area contributed by atoms with Crippen LogP contribution in [0.1, 0.15) is 38.3 Å². The summed E-state index contributed by atoms with van der Waals surface area (Å²) >= 11 is 0. The Morgan fingerprint density at radius 1 is 1.53 bits per heavy atom. The van der Waals surface area contributed by atoms with Gasteiger partial charge in [-0.2, -0.15) is 0 Å². The maximum absolute atomic E-state index is 12.5. The number of oxazole rings is 1. The summed E-state index contributed by atoms with van der Waals surface area (Å²) < 4.78 is 5.35.